The van der Waals surface area contributed by atoms with Gasteiger partial charge < -0.3 is 20.1 Å². The van der Waals surface area contributed by atoms with Crippen molar-refractivity contribution in [2.24, 2.45) is 40.4 Å². The molecular formula is C36H52O7S. The Labute approximate surface area is 263 Å². The molecule has 0 heterocycles. The minimum atomic E-state index is -4.00. The zero-order valence-corrected chi connectivity index (χ0v) is 28.2. The first-order valence-corrected chi connectivity index (χ1v) is 17.9. The van der Waals surface area contributed by atoms with E-state index in [1.54, 1.807) is 51.1 Å². The molecule has 0 aromatic heterocycles. The average molecular weight is 629 g/mol. The summed E-state index contributed by atoms with van der Waals surface area (Å²) in [7, 11) is -4.00. The number of allylic oxidation sites excluding steroid dienone is 3. The normalized spacial score (nSPS) is 36.5. The van der Waals surface area contributed by atoms with Gasteiger partial charge in [0.2, 0.25) is 0 Å². The van der Waals surface area contributed by atoms with E-state index in [1.807, 2.05) is 6.92 Å². The lowest BCUT2D eigenvalue weighted by Gasteiger charge is -2.56. The Morgan fingerprint density at radius 2 is 1.68 bits per heavy atom. The molecule has 1 aromatic rings. The Bertz CT molecular complexity index is 1410. The highest BCUT2D eigenvalue weighted by atomic mass is 32.2. The standard InChI is InChI=1S/C36H52O7S/c1-21(32(40)33(22(2)34(4,5)43-23(3)37)44(41,42)26-11-9-8-10-12-26)28-15-16-29-27-14-13-24-19-25(38)20-31(39)36(24,7)30(27)17-18-35(28,29)6/h8-14,21-22,25,28-33,38-40H,15-20H2,1-7H3/t21-,22+,25+,28+,29-,30-,31-,32?,33?,35+,36-/m0/s1. The molecule has 7 nitrogen and oxygen atoms in total. The Morgan fingerprint density at radius 1 is 1.02 bits per heavy atom. The Hall–Kier alpha value is -2.00. The first-order valence-electron chi connectivity index (χ1n) is 16.4. The lowest BCUT2D eigenvalue weighted by atomic mass is 9.49. The number of fused-ring (bicyclic) bond motifs is 5. The van der Waals surface area contributed by atoms with Crippen LogP contribution in [0.3, 0.4) is 0 Å². The van der Waals surface area contributed by atoms with E-state index < -0.39 is 50.9 Å². The molecule has 3 N–H and O–H groups in total. The molecule has 44 heavy (non-hydrogen) atoms. The van der Waals surface area contributed by atoms with Crippen molar-refractivity contribution in [1.29, 1.82) is 0 Å². The fourth-order valence-corrected chi connectivity index (χ4v) is 12.2. The van der Waals surface area contributed by atoms with Crippen LogP contribution in [-0.4, -0.2) is 58.9 Å². The van der Waals surface area contributed by atoms with Gasteiger partial charge in [0.05, 0.1) is 28.5 Å². The Morgan fingerprint density at radius 3 is 2.32 bits per heavy atom. The Kier molecular flexibility index (Phi) is 8.84. The molecular weight excluding hydrogens is 576 g/mol. The number of ether oxygens (including phenoxy) is 1. The zero-order chi connectivity index (χ0) is 32.4. The summed E-state index contributed by atoms with van der Waals surface area (Å²) in [5.41, 5.74) is 0.847. The van der Waals surface area contributed by atoms with Gasteiger partial charge in [-0.3, -0.25) is 4.79 Å². The number of carbonyl (C=O) groups is 1. The molecule has 4 aliphatic rings. The number of aliphatic hydroxyl groups excluding tert-OH is 3. The molecule has 0 saturated heterocycles. The summed E-state index contributed by atoms with van der Waals surface area (Å²) < 4.78 is 34.2. The second kappa shape index (κ2) is 11.7. The van der Waals surface area contributed by atoms with Crippen LogP contribution in [0.4, 0.5) is 0 Å². The van der Waals surface area contributed by atoms with Crippen LogP contribution < -0.4 is 0 Å². The SMILES string of the molecule is CC(=O)OC(C)(C)[C@H](C)C(C(O)[C@@H](C)[C@H]1CC[C@H]2C3=CC=C4C[C@@H](O)C[C@H](O)[C@]4(C)[C@H]3CC[C@]12C)S(=O)(=O)c1ccccc1. The second-order valence-corrected chi connectivity index (χ2v) is 17.3. The summed E-state index contributed by atoms with van der Waals surface area (Å²) in [5, 5.41) is 32.6. The van der Waals surface area contributed by atoms with Gasteiger partial charge in [-0.1, -0.05) is 69.2 Å². The van der Waals surface area contributed by atoms with Gasteiger partial charge in [0.1, 0.15) is 5.60 Å². The number of aliphatic hydroxyl groups is 3. The topological polar surface area (TPSA) is 121 Å². The van der Waals surface area contributed by atoms with Crippen molar-refractivity contribution in [1.82, 2.24) is 0 Å². The number of carbonyl (C=O) groups excluding carboxylic acids is 1. The molecule has 11 atom stereocenters. The molecule has 2 unspecified atom stereocenters. The summed E-state index contributed by atoms with van der Waals surface area (Å²) in [6, 6.07) is 8.27. The van der Waals surface area contributed by atoms with Crippen LogP contribution in [0.1, 0.15) is 87.0 Å². The number of benzene rings is 1. The molecule has 0 aliphatic heterocycles. The molecule has 0 spiro atoms. The predicted molar refractivity (Wildman–Crippen MR) is 170 cm³/mol. The van der Waals surface area contributed by atoms with E-state index in [1.165, 1.54) is 12.5 Å². The van der Waals surface area contributed by atoms with Crippen LogP contribution in [0, 0.1) is 40.4 Å². The van der Waals surface area contributed by atoms with E-state index in [0.29, 0.717) is 12.8 Å². The lowest BCUT2D eigenvalue weighted by Crippen LogP contribution is -2.54. The van der Waals surface area contributed by atoms with Crippen LogP contribution in [0.15, 0.2) is 58.5 Å². The van der Waals surface area contributed by atoms with Crippen molar-refractivity contribution in [3.8, 4) is 0 Å². The van der Waals surface area contributed by atoms with Crippen molar-refractivity contribution >= 4 is 15.8 Å². The molecule has 5 rings (SSSR count). The number of hydrogen-bond acceptors (Lipinski definition) is 7. The van der Waals surface area contributed by atoms with E-state index in [-0.39, 0.29) is 39.4 Å². The number of hydrogen-bond donors (Lipinski definition) is 3. The highest BCUT2D eigenvalue weighted by Crippen LogP contribution is 2.66. The third-order valence-corrected chi connectivity index (χ3v) is 15.0. The highest BCUT2D eigenvalue weighted by Gasteiger charge is 2.60. The van der Waals surface area contributed by atoms with Crippen molar-refractivity contribution < 1.29 is 33.3 Å². The van der Waals surface area contributed by atoms with E-state index in [9.17, 15) is 28.5 Å². The summed E-state index contributed by atoms with van der Waals surface area (Å²) >= 11 is 0. The highest BCUT2D eigenvalue weighted by molar-refractivity contribution is 7.92. The van der Waals surface area contributed by atoms with Gasteiger partial charge >= 0.3 is 5.97 Å². The van der Waals surface area contributed by atoms with Gasteiger partial charge in [-0.05, 0) is 87.2 Å². The summed E-state index contributed by atoms with van der Waals surface area (Å²) in [6.45, 7) is 13.0. The first-order chi connectivity index (χ1) is 20.5. The van der Waals surface area contributed by atoms with E-state index in [4.69, 9.17) is 4.74 Å². The summed E-state index contributed by atoms with van der Waals surface area (Å²) in [5.74, 6) is -0.957. The quantitative estimate of drug-likeness (QED) is 0.319. The smallest absolute Gasteiger partial charge is 0.303 e. The zero-order valence-electron chi connectivity index (χ0n) is 27.4. The van der Waals surface area contributed by atoms with Gasteiger partial charge in [-0.15, -0.1) is 0 Å². The van der Waals surface area contributed by atoms with Crippen LogP contribution in [0.25, 0.3) is 0 Å². The average Bonchev–Trinajstić information content (AvgIpc) is 3.30. The molecule has 3 fully saturated rings. The monoisotopic (exact) mass is 628 g/mol. The fourth-order valence-electron chi connectivity index (χ4n) is 9.86. The van der Waals surface area contributed by atoms with Gasteiger partial charge in [-0.2, -0.15) is 0 Å². The number of sulfone groups is 1. The Balaban J connectivity index is 1.48. The maximum Gasteiger partial charge on any atom is 0.303 e. The molecule has 8 heteroatoms. The van der Waals surface area contributed by atoms with E-state index in [2.05, 4.69) is 26.0 Å². The fraction of sp³-hybridized carbons (Fsp3) is 0.694. The second-order valence-electron chi connectivity index (χ2n) is 15.2. The summed E-state index contributed by atoms with van der Waals surface area (Å²) in [6.07, 6.45) is 6.71. The van der Waals surface area contributed by atoms with Crippen LogP contribution in [0.2, 0.25) is 0 Å². The lowest BCUT2D eigenvalue weighted by molar-refractivity contribution is -0.159. The molecule has 3 saturated carbocycles. The van der Waals surface area contributed by atoms with Crippen LogP contribution in [0.5, 0.6) is 0 Å². The van der Waals surface area contributed by atoms with Gasteiger partial charge in [0.25, 0.3) is 0 Å². The predicted octanol–water partition coefficient (Wildman–Crippen LogP) is 5.63. The van der Waals surface area contributed by atoms with Gasteiger partial charge in [-0.25, -0.2) is 8.42 Å². The largest absolute Gasteiger partial charge is 0.460 e. The third-order valence-electron chi connectivity index (χ3n) is 12.7. The molecule has 1 aromatic carbocycles. The minimum Gasteiger partial charge on any atom is -0.460 e. The number of rotatable bonds is 8. The maximum absolute atomic E-state index is 14.3. The van der Waals surface area contributed by atoms with Crippen LogP contribution in [-0.2, 0) is 19.4 Å². The van der Waals surface area contributed by atoms with Crippen molar-refractivity contribution in [3.05, 3.63) is 53.6 Å². The molecule has 0 bridgehead atoms. The van der Waals surface area contributed by atoms with Crippen molar-refractivity contribution in [2.75, 3.05) is 0 Å². The van der Waals surface area contributed by atoms with Crippen molar-refractivity contribution in [3.63, 3.8) is 0 Å². The minimum absolute atomic E-state index is 0.0816. The number of esters is 1. The maximum atomic E-state index is 14.3. The third kappa shape index (κ3) is 5.31. The van der Waals surface area contributed by atoms with E-state index in [0.717, 1.165) is 31.3 Å². The molecule has 4 aliphatic carbocycles. The first kappa shape index (κ1) is 33.4. The summed E-state index contributed by atoms with van der Waals surface area (Å²) in [4.78, 5) is 12.2. The van der Waals surface area contributed by atoms with E-state index >= 15 is 0 Å². The molecule has 244 valence electrons. The van der Waals surface area contributed by atoms with Gasteiger partial charge in [0, 0.05) is 24.7 Å². The molecule has 0 radical (unpaired) electrons. The van der Waals surface area contributed by atoms with Crippen LogP contribution >= 0.6 is 0 Å². The van der Waals surface area contributed by atoms with Gasteiger partial charge in [0.15, 0.2) is 9.84 Å². The molecule has 0 amide bonds. The van der Waals surface area contributed by atoms with Crippen molar-refractivity contribution in [2.45, 2.75) is 121 Å².